The van der Waals surface area contributed by atoms with Gasteiger partial charge in [0.1, 0.15) is 6.17 Å². The summed E-state index contributed by atoms with van der Waals surface area (Å²) >= 11 is 26.2. The molecule has 1 atom stereocenters. The van der Waals surface area contributed by atoms with Crippen LogP contribution in [0.4, 0.5) is 0 Å². The van der Waals surface area contributed by atoms with Crippen molar-refractivity contribution in [1.29, 1.82) is 0 Å². The maximum atomic E-state index is 6.64. The Kier molecular flexibility index (Phi) is 10.2. The van der Waals surface area contributed by atoms with Gasteiger partial charge in [0.25, 0.3) is 0 Å². The van der Waals surface area contributed by atoms with Gasteiger partial charge in [-0.15, -0.1) is 0 Å². The molecular formula is C32H31Cl4N4+. The molecule has 1 aliphatic heterocycles. The zero-order valence-corrected chi connectivity index (χ0v) is 25.0. The Hall–Kier alpha value is -2.41. The summed E-state index contributed by atoms with van der Waals surface area (Å²) in [6.07, 6.45) is 2.27. The third-order valence-electron chi connectivity index (χ3n) is 7.04. The van der Waals surface area contributed by atoms with E-state index in [1.165, 1.54) is 0 Å². The van der Waals surface area contributed by atoms with Crippen LogP contribution in [0.1, 0.15) is 22.3 Å². The van der Waals surface area contributed by atoms with E-state index in [9.17, 15) is 0 Å². The van der Waals surface area contributed by atoms with Crippen LogP contribution >= 0.6 is 46.4 Å². The van der Waals surface area contributed by atoms with Crippen molar-refractivity contribution in [2.75, 3.05) is 13.3 Å². The predicted octanol–water partition coefficient (Wildman–Crippen LogP) is 7.93. The van der Waals surface area contributed by atoms with E-state index in [-0.39, 0.29) is 6.17 Å². The summed E-state index contributed by atoms with van der Waals surface area (Å²) in [4.78, 5) is 4.81. The van der Waals surface area contributed by atoms with Crippen LogP contribution in [0.5, 0.6) is 0 Å². The van der Waals surface area contributed by atoms with Crippen LogP contribution < -0.4 is 5.32 Å². The monoisotopic (exact) mass is 611 g/mol. The summed E-state index contributed by atoms with van der Waals surface area (Å²) in [5, 5.41) is 6.66. The van der Waals surface area contributed by atoms with Gasteiger partial charge in [0.2, 0.25) is 6.67 Å². The first-order valence-corrected chi connectivity index (χ1v) is 14.7. The van der Waals surface area contributed by atoms with Gasteiger partial charge in [-0.05, 0) is 41.0 Å². The number of nitrogens with one attached hydrogen (secondary N) is 1. The van der Waals surface area contributed by atoms with Gasteiger partial charge in [-0.1, -0.05) is 119 Å². The van der Waals surface area contributed by atoms with Crippen molar-refractivity contribution in [2.24, 2.45) is 0 Å². The summed E-state index contributed by atoms with van der Waals surface area (Å²) in [5.41, 5.74) is 4.31. The quantitative estimate of drug-likeness (QED) is 0.137. The molecule has 1 heterocycles. The van der Waals surface area contributed by atoms with E-state index in [2.05, 4.69) is 44.1 Å². The summed E-state index contributed by atoms with van der Waals surface area (Å²) in [5.74, 6) is 0. The van der Waals surface area contributed by atoms with E-state index in [0.717, 1.165) is 49.0 Å². The van der Waals surface area contributed by atoms with Crippen molar-refractivity contribution in [3.05, 3.63) is 139 Å². The van der Waals surface area contributed by atoms with Crippen molar-refractivity contribution in [1.82, 2.24) is 15.1 Å². The van der Waals surface area contributed by atoms with Crippen LogP contribution in [0, 0.1) is 0 Å². The second-order valence-corrected chi connectivity index (χ2v) is 11.5. The van der Waals surface area contributed by atoms with Crippen molar-refractivity contribution in [2.45, 2.75) is 32.3 Å². The van der Waals surface area contributed by atoms with Crippen LogP contribution in [0.2, 0.25) is 20.1 Å². The Morgan fingerprint density at radius 3 is 1.75 bits per heavy atom. The number of hydrogen-bond acceptors (Lipinski definition) is 3. The average molecular weight is 613 g/mol. The average Bonchev–Trinajstić information content (AvgIpc) is 3.34. The van der Waals surface area contributed by atoms with Crippen molar-refractivity contribution >= 4 is 52.6 Å². The second-order valence-electron chi connectivity index (χ2n) is 9.90. The minimum atomic E-state index is -0.0196. The molecule has 1 N–H and O–H groups in total. The Morgan fingerprint density at radius 2 is 1.18 bits per heavy atom. The molecule has 1 aliphatic rings. The molecule has 0 bridgehead atoms. The number of hydrogen-bond donors (Lipinski definition) is 1. The fourth-order valence-corrected chi connectivity index (χ4v) is 5.76. The third-order valence-corrected chi connectivity index (χ3v) is 8.51. The molecule has 0 saturated carbocycles. The summed E-state index contributed by atoms with van der Waals surface area (Å²) < 4.78 is 2.32. The number of nitrogens with zero attached hydrogens (tertiary/aromatic N) is 3. The molecule has 0 aromatic heterocycles. The van der Waals surface area contributed by atoms with Gasteiger partial charge in [-0.25, -0.2) is 9.48 Å². The standard InChI is InChI=1S/C32H31Cl4N4/c33-28-13-5-1-9-24(28)17-37-22-39(19-26-11-3-7-15-30(26)35)32-21-38(18-25-10-2-6-14-29(25)34)23-40(32)20-27-12-4-8-16-31(27)36/h1-16,21,32,37H,17-20,22-23H2/q+1. The van der Waals surface area contributed by atoms with Gasteiger partial charge in [-0.3, -0.25) is 4.90 Å². The molecule has 4 aromatic carbocycles. The minimum absolute atomic E-state index is 0.0196. The molecule has 0 spiro atoms. The number of rotatable bonds is 11. The Labute approximate surface area is 256 Å². The number of benzene rings is 4. The van der Waals surface area contributed by atoms with E-state index in [4.69, 9.17) is 46.4 Å². The van der Waals surface area contributed by atoms with Gasteiger partial charge >= 0.3 is 0 Å². The Morgan fingerprint density at radius 1 is 0.675 bits per heavy atom. The molecular weight excluding hydrogens is 582 g/mol. The van der Waals surface area contributed by atoms with E-state index in [1.54, 1.807) is 0 Å². The highest BCUT2D eigenvalue weighted by molar-refractivity contribution is 6.32. The minimum Gasteiger partial charge on any atom is -0.300 e. The molecule has 4 aromatic rings. The van der Waals surface area contributed by atoms with Crippen molar-refractivity contribution < 1.29 is 4.58 Å². The molecule has 0 radical (unpaired) electrons. The second kappa shape index (κ2) is 14.0. The fraction of sp³-hybridized carbons (Fsp3) is 0.219. The van der Waals surface area contributed by atoms with E-state index >= 15 is 0 Å². The predicted molar refractivity (Wildman–Crippen MR) is 167 cm³/mol. The molecule has 5 rings (SSSR count). The molecule has 4 nitrogen and oxygen atoms in total. The fourth-order valence-electron chi connectivity index (χ4n) is 4.97. The van der Waals surface area contributed by atoms with E-state index < -0.39 is 0 Å². The van der Waals surface area contributed by atoms with Crippen LogP contribution in [-0.4, -0.2) is 40.1 Å². The molecule has 40 heavy (non-hydrogen) atoms. The maximum absolute atomic E-state index is 6.64. The number of halogens is 4. The largest absolute Gasteiger partial charge is 0.300 e. The lowest BCUT2D eigenvalue weighted by atomic mass is 10.2. The summed E-state index contributed by atoms with van der Waals surface area (Å²) in [7, 11) is 0. The smallest absolute Gasteiger partial charge is 0.201 e. The van der Waals surface area contributed by atoms with Gasteiger partial charge in [0.15, 0.2) is 12.8 Å². The van der Waals surface area contributed by atoms with E-state index in [0.29, 0.717) is 32.8 Å². The van der Waals surface area contributed by atoms with Crippen molar-refractivity contribution in [3.63, 3.8) is 0 Å². The van der Waals surface area contributed by atoms with Crippen molar-refractivity contribution in [3.8, 4) is 0 Å². The molecule has 206 valence electrons. The van der Waals surface area contributed by atoms with Gasteiger partial charge < -0.3 is 5.32 Å². The normalized spacial score (nSPS) is 15.5. The first-order valence-electron chi connectivity index (χ1n) is 13.2. The summed E-state index contributed by atoms with van der Waals surface area (Å²) in [6.45, 7) is 4.07. The topological polar surface area (TPSA) is 21.5 Å². The van der Waals surface area contributed by atoms with Gasteiger partial charge in [-0.2, -0.15) is 0 Å². The molecule has 0 aliphatic carbocycles. The van der Waals surface area contributed by atoms with Crippen LogP contribution in [-0.2, 0) is 26.2 Å². The summed E-state index contributed by atoms with van der Waals surface area (Å²) in [6, 6.07) is 32.0. The SMILES string of the molecule is Clc1ccccc1CNCN(Cc1ccccc1Cl)C1C=[N+](Cc2ccccc2Cl)CN1Cc1ccccc1Cl. The van der Waals surface area contributed by atoms with Crippen LogP contribution in [0.3, 0.4) is 0 Å². The first kappa shape index (κ1) is 29.1. The maximum Gasteiger partial charge on any atom is 0.201 e. The Balaban J connectivity index is 1.44. The van der Waals surface area contributed by atoms with Gasteiger partial charge in [0.05, 0.1) is 11.7 Å². The zero-order chi connectivity index (χ0) is 27.9. The zero-order valence-electron chi connectivity index (χ0n) is 22.0. The Bertz CT molecular complexity index is 1470. The highest BCUT2D eigenvalue weighted by Gasteiger charge is 2.36. The molecule has 0 amide bonds. The molecule has 0 fully saturated rings. The van der Waals surface area contributed by atoms with Crippen LogP contribution in [0.15, 0.2) is 97.1 Å². The van der Waals surface area contributed by atoms with E-state index in [1.807, 2.05) is 78.9 Å². The lowest BCUT2D eigenvalue weighted by Crippen LogP contribution is -2.49. The third kappa shape index (κ3) is 7.45. The molecule has 0 saturated heterocycles. The lowest BCUT2D eigenvalue weighted by molar-refractivity contribution is -0.548. The molecule has 8 heteroatoms. The molecule has 1 unspecified atom stereocenters. The van der Waals surface area contributed by atoms with Crippen LogP contribution in [0.25, 0.3) is 0 Å². The lowest BCUT2D eigenvalue weighted by Gasteiger charge is -2.32. The highest BCUT2D eigenvalue weighted by atomic mass is 35.5. The van der Waals surface area contributed by atoms with Gasteiger partial charge in [0, 0.05) is 40.3 Å². The highest BCUT2D eigenvalue weighted by Crippen LogP contribution is 2.25. The first-order chi connectivity index (χ1) is 19.5.